The molecule has 0 amide bonds. The zero-order valence-corrected chi connectivity index (χ0v) is 22.7. The summed E-state index contributed by atoms with van der Waals surface area (Å²) in [4.78, 5) is 27.3. The van der Waals surface area contributed by atoms with Gasteiger partial charge in [0.05, 0.1) is 17.8 Å². The fourth-order valence-electron chi connectivity index (χ4n) is 4.55. The van der Waals surface area contributed by atoms with Crippen molar-refractivity contribution in [3.05, 3.63) is 46.2 Å². The SMILES string of the molecule is CCC(C)C(=O)c1cc2c(s1)sc1c2ccc2ccc3c4cc(C(=O)C(C)CC)sc4sc3c21. The summed E-state index contributed by atoms with van der Waals surface area (Å²) in [6.07, 6.45) is 1.74. The Balaban J connectivity index is 1.56. The van der Waals surface area contributed by atoms with Crippen LogP contribution in [0.2, 0.25) is 0 Å². The van der Waals surface area contributed by atoms with Crippen LogP contribution in [0.5, 0.6) is 0 Å². The molecule has 172 valence electrons. The van der Waals surface area contributed by atoms with Crippen LogP contribution in [0.25, 0.3) is 49.7 Å². The van der Waals surface area contributed by atoms with E-state index in [0.29, 0.717) is 0 Å². The summed E-state index contributed by atoms with van der Waals surface area (Å²) in [6.45, 7) is 8.17. The number of fused-ring (bicyclic) bond motifs is 9. The van der Waals surface area contributed by atoms with E-state index in [-0.39, 0.29) is 23.4 Å². The first-order valence-electron chi connectivity index (χ1n) is 11.7. The van der Waals surface area contributed by atoms with Gasteiger partial charge in [0.1, 0.15) is 0 Å². The Labute approximate surface area is 213 Å². The fraction of sp³-hybridized carbons (Fsp3) is 0.286. The van der Waals surface area contributed by atoms with Crippen molar-refractivity contribution in [1.82, 2.24) is 0 Å². The molecule has 0 aliphatic carbocycles. The van der Waals surface area contributed by atoms with Gasteiger partial charge in [0.25, 0.3) is 0 Å². The van der Waals surface area contributed by atoms with Crippen molar-refractivity contribution in [2.24, 2.45) is 11.8 Å². The summed E-state index contributed by atoms with van der Waals surface area (Å²) in [6, 6.07) is 13.1. The number of rotatable bonds is 6. The van der Waals surface area contributed by atoms with Gasteiger partial charge in [-0.1, -0.05) is 52.0 Å². The Kier molecular flexibility index (Phi) is 5.41. The monoisotopic (exact) mass is 520 g/mol. The number of ketones is 2. The Bertz CT molecular complexity index is 1630. The highest BCUT2D eigenvalue weighted by molar-refractivity contribution is 7.44. The first-order valence-corrected chi connectivity index (χ1v) is 15.0. The Morgan fingerprint density at radius 3 is 1.53 bits per heavy atom. The van der Waals surface area contributed by atoms with Gasteiger partial charge in [-0.2, -0.15) is 0 Å². The average Bonchev–Trinajstić information content (AvgIpc) is 3.59. The van der Waals surface area contributed by atoms with Crippen molar-refractivity contribution in [3.8, 4) is 0 Å². The molecular weight excluding hydrogens is 497 g/mol. The molecule has 0 aliphatic heterocycles. The molecular formula is C28H24O2S4. The first kappa shape index (κ1) is 22.4. The number of Topliss-reactive ketones (excluding diaryl/α,β-unsaturated/α-hetero) is 2. The van der Waals surface area contributed by atoms with Gasteiger partial charge in [-0.15, -0.1) is 45.3 Å². The molecule has 0 aliphatic rings. The highest BCUT2D eigenvalue weighted by Crippen LogP contribution is 2.48. The van der Waals surface area contributed by atoms with E-state index in [1.807, 2.05) is 36.5 Å². The molecule has 2 unspecified atom stereocenters. The molecule has 0 spiro atoms. The highest BCUT2D eigenvalue weighted by Gasteiger charge is 2.22. The fourth-order valence-corrected chi connectivity index (χ4v) is 10.1. The van der Waals surface area contributed by atoms with Crippen LogP contribution in [0.4, 0.5) is 0 Å². The summed E-state index contributed by atoms with van der Waals surface area (Å²) in [5.41, 5.74) is 0. The molecule has 4 heterocycles. The van der Waals surface area contributed by atoms with Gasteiger partial charge in [-0.3, -0.25) is 9.59 Å². The zero-order chi connectivity index (χ0) is 23.7. The summed E-state index contributed by atoms with van der Waals surface area (Å²) >= 11 is 6.91. The third-order valence-corrected chi connectivity index (χ3v) is 12.0. The number of carbonyl (C=O) groups is 2. The summed E-state index contributed by atoms with van der Waals surface area (Å²) in [5.74, 6) is 0.646. The van der Waals surface area contributed by atoms with Crippen LogP contribution in [0.3, 0.4) is 0 Å². The summed E-state index contributed by atoms with van der Waals surface area (Å²) in [7, 11) is 0. The van der Waals surface area contributed by atoms with Crippen LogP contribution in [0.15, 0.2) is 36.4 Å². The van der Waals surface area contributed by atoms with E-state index in [9.17, 15) is 9.59 Å². The van der Waals surface area contributed by atoms with Crippen LogP contribution in [-0.4, -0.2) is 11.6 Å². The number of thiophene rings is 4. The minimum Gasteiger partial charge on any atom is -0.293 e. The van der Waals surface area contributed by atoms with E-state index in [4.69, 9.17) is 0 Å². The lowest BCUT2D eigenvalue weighted by Gasteiger charge is -2.05. The third kappa shape index (κ3) is 3.23. The lowest BCUT2D eigenvalue weighted by molar-refractivity contribution is 0.0924. The first-order chi connectivity index (χ1) is 16.4. The van der Waals surface area contributed by atoms with E-state index >= 15 is 0 Å². The number of hydrogen-bond donors (Lipinski definition) is 0. The van der Waals surface area contributed by atoms with E-state index in [0.717, 1.165) is 22.6 Å². The molecule has 4 aromatic heterocycles. The van der Waals surface area contributed by atoms with Gasteiger partial charge < -0.3 is 0 Å². The topological polar surface area (TPSA) is 34.1 Å². The zero-order valence-electron chi connectivity index (χ0n) is 19.5. The second-order valence-corrected chi connectivity index (χ2v) is 13.8. The number of hydrogen-bond acceptors (Lipinski definition) is 6. The van der Waals surface area contributed by atoms with Gasteiger partial charge in [-0.05, 0) is 30.4 Å². The van der Waals surface area contributed by atoms with E-state index in [1.54, 1.807) is 22.7 Å². The maximum Gasteiger partial charge on any atom is 0.175 e. The van der Waals surface area contributed by atoms with Gasteiger partial charge >= 0.3 is 0 Å². The Hall–Kier alpha value is -2.12. The minimum atomic E-state index is 0.0654. The maximum atomic E-state index is 12.8. The molecule has 0 bridgehead atoms. The Morgan fingerprint density at radius 1 is 0.676 bits per heavy atom. The summed E-state index contributed by atoms with van der Waals surface area (Å²) < 4.78 is 5.06. The minimum absolute atomic E-state index is 0.0654. The maximum absolute atomic E-state index is 12.8. The second kappa shape index (κ2) is 8.23. The van der Waals surface area contributed by atoms with E-state index in [2.05, 4.69) is 50.2 Å². The normalized spacial score (nSPS) is 14.1. The molecule has 0 saturated carbocycles. The van der Waals surface area contributed by atoms with Crippen LogP contribution in [-0.2, 0) is 0 Å². The molecule has 0 radical (unpaired) electrons. The number of carbonyl (C=O) groups excluding carboxylic acids is 2. The smallest absolute Gasteiger partial charge is 0.175 e. The van der Waals surface area contributed by atoms with Crippen molar-refractivity contribution in [2.75, 3.05) is 0 Å². The lowest BCUT2D eigenvalue weighted by Crippen LogP contribution is -2.07. The average molecular weight is 521 g/mol. The van der Waals surface area contributed by atoms with Crippen LogP contribution < -0.4 is 0 Å². The van der Waals surface area contributed by atoms with Crippen molar-refractivity contribution >= 4 is 107 Å². The molecule has 0 fully saturated rings. The molecule has 6 rings (SSSR count). The number of benzene rings is 2. The van der Waals surface area contributed by atoms with Gasteiger partial charge in [0, 0.05) is 48.2 Å². The quantitative estimate of drug-likeness (QED) is 0.205. The van der Waals surface area contributed by atoms with Crippen molar-refractivity contribution in [1.29, 1.82) is 0 Å². The van der Waals surface area contributed by atoms with Crippen molar-refractivity contribution in [3.63, 3.8) is 0 Å². The van der Waals surface area contributed by atoms with Crippen molar-refractivity contribution in [2.45, 2.75) is 40.5 Å². The lowest BCUT2D eigenvalue weighted by atomic mass is 10.0. The second-order valence-electron chi connectivity index (χ2n) is 9.16. The van der Waals surface area contributed by atoms with Crippen LogP contribution in [0.1, 0.15) is 59.9 Å². The molecule has 6 aromatic rings. The van der Waals surface area contributed by atoms with E-state index < -0.39 is 0 Å². The highest BCUT2D eigenvalue weighted by atomic mass is 32.2. The molecule has 6 heteroatoms. The third-order valence-electron chi connectivity index (χ3n) is 7.06. The summed E-state index contributed by atoms with van der Waals surface area (Å²) in [5, 5.41) is 7.44. The van der Waals surface area contributed by atoms with Gasteiger partial charge in [0.15, 0.2) is 11.6 Å². The van der Waals surface area contributed by atoms with E-state index in [1.165, 1.54) is 49.7 Å². The predicted octanol–water partition coefficient (Wildman–Crippen LogP) is 10.2. The molecule has 2 nitrogen and oxygen atoms in total. The van der Waals surface area contributed by atoms with Gasteiger partial charge in [0.2, 0.25) is 0 Å². The predicted molar refractivity (Wildman–Crippen MR) is 153 cm³/mol. The molecule has 34 heavy (non-hydrogen) atoms. The molecule has 2 aromatic carbocycles. The molecule has 2 atom stereocenters. The largest absolute Gasteiger partial charge is 0.293 e. The standard InChI is InChI=1S/C28H24O2S4/c1-5-13(3)23(29)20-11-18-16-9-7-15-8-10-17-19-12-21(24(30)14(4)6-2)32-28(19)34-26(17)22(15)25(16)33-27(18)31-20/h7-14H,5-6H2,1-4H3. The van der Waals surface area contributed by atoms with Crippen molar-refractivity contribution < 1.29 is 9.59 Å². The molecule has 0 N–H and O–H groups in total. The Morgan fingerprint density at radius 2 is 1.12 bits per heavy atom. The van der Waals surface area contributed by atoms with Crippen LogP contribution in [0, 0.1) is 11.8 Å². The van der Waals surface area contributed by atoms with Crippen LogP contribution >= 0.6 is 45.3 Å². The molecule has 0 saturated heterocycles. The van der Waals surface area contributed by atoms with Gasteiger partial charge in [-0.25, -0.2) is 0 Å².